The maximum atomic E-state index is 11.8. The van der Waals surface area contributed by atoms with Crippen LogP contribution in [-0.2, 0) is 6.54 Å². The molecule has 0 fully saturated rings. The molecule has 0 aliphatic carbocycles. The molecule has 94 valence electrons. The average Bonchev–Trinajstić information content (AvgIpc) is 2.82. The van der Waals surface area contributed by atoms with Gasteiger partial charge < -0.3 is 10.6 Å². The second kappa shape index (κ2) is 5.54. The first-order valence-corrected chi connectivity index (χ1v) is 6.21. The predicted octanol–water partition coefficient (Wildman–Crippen LogP) is 1.21. The van der Waals surface area contributed by atoms with Crippen LogP contribution in [0.25, 0.3) is 0 Å². The van der Waals surface area contributed by atoms with E-state index in [-0.39, 0.29) is 5.91 Å². The minimum Gasteiger partial charge on any atom is -0.372 e. The molecule has 2 N–H and O–H groups in total. The molecule has 0 aliphatic rings. The number of amides is 1. The number of hydrogen-bond donors (Lipinski definition) is 2. The van der Waals surface area contributed by atoms with Crippen molar-refractivity contribution in [1.29, 1.82) is 0 Å². The fraction of sp³-hybridized carbons (Fsp3) is 0.273. The Hall–Kier alpha value is -2.02. The van der Waals surface area contributed by atoms with Crippen molar-refractivity contribution in [2.75, 3.05) is 12.4 Å². The number of carbonyl (C=O) groups excluding carboxylic acids is 1. The van der Waals surface area contributed by atoms with Crippen LogP contribution < -0.4 is 10.6 Å². The van der Waals surface area contributed by atoms with E-state index < -0.39 is 0 Å². The van der Waals surface area contributed by atoms with Gasteiger partial charge in [0.1, 0.15) is 10.8 Å². The maximum Gasteiger partial charge on any atom is 0.272 e. The lowest BCUT2D eigenvalue weighted by atomic mass is 10.3. The minimum atomic E-state index is -0.252. The fourth-order valence-electron chi connectivity index (χ4n) is 1.32. The highest BCUT2D eigenvalue weighted by Gasteiger charge is 2.08. The van der Waals surface area contributed by atoms with Crippen molar-refractivity contribution < 1.29 is 4.79 Å². The first-order valence-electron chi connectivity index (χ1n) is 5.40. The fourth-order valence-corrected chi connectivity index (χ4v) is 2.04. The predicted molar refractivity (Wildman–Crippen MR) is 69.6 cm³/mol. The number of carbonyl (C=O) groups is 1. The maximum absolute atomic E-state index is 11.8. The van der Waals surface area contributed by atoms with Crippen molar-refractivity contribution in [1.82, 2.24) is 20.5 Å². The molecule has 2 rings (SSSR count). The third-order valence-corrected chi connectivity index (χ3v) is 3.14. The van der Waals surface area contributed by atoms with Crippen LogP contribution in [0, 0.1) is 6.92 Å². The number of anilines is 1. The first-order chi connectivity index (χ1) is 8.69. The summed E-state index contributed by atoms with van der Waals surface area (Å²) in [5.74, 6) is 0.375. The van der Waals surface area contributed by atoms with E-state index in [1.54, 1.807) is 36.7 Å². The molecule has 0 aliphatic heterocycles. The highest BCUT2D eigenvalue weighted by molar-refractivity contribution is 7.11. The van der Waals surface area contributed by atoms with E-state index in [0.717, 1.165) is 9.88 Å². The molecule has 2 aromatic rings. The number of rotatable bonds is 4. The molecule has 0 aromatic carbocycles. The van der Waals surface area contributed by atoms with Gasteiger partial charge in [0, 0.05) is 18.1 Å². The van der Waals surface area contributed by atoms with E-state index >= 15 is 0 Å². The van der Waals surface area contributed by atoms with Crippen LogP contribution in [0.5, 0.6) is 0 Å². The molecule has 7 heteroatoms. The first kappa shape index (κ1) is 12.4. The van der Waals surface area contributed by atoms with Gasteiger partial charge in [0.05, 0.1) is 6.54 Å². The minimum absolute atomic E-state index is 0.252. The lowest BCUT2D eigenvalue weighted by Gasteiger charge is -2.02. The van der Waals surface area contributed by atoms with Gasteiger partial charge in [-0.15, -0.1) is 21.5 Å². The third kappa shape index (κ3) is 3.01. The second-order valence-electron chi connectivity index (χ2n) is 3.60. The molecule has 0 radical (unpaired) electrons. The standard InChI is InChI=1S/C11H13N5OS/c1-7-5-13-10(18-7)6-14-11(17)8-3-4-9(12-2)16-15-8/h3-5H,6H2,1-2H3,(H,12,16)(H,14,17). The molecule has 2 aromatic heterocycles. The Labute approximate surface area is 108 Å². The van der Waals surface area contributed by atoms with Gasteiger partial charge in [0.15, 0.2) is 5.69 Å². The van der Waals surface area contributed by atoms with E-state index in [1.165, 1.54) is 0 Å². The molecule has 6 nitrogen and oxygen atoms in total. The van der Waals surface area contributed by atoms with Crippen LogP contribution in [0.1, 0.15) is 20.4 Å². The summed E-state index contributed by atoms with van der Waals surface area (Å²) in [5, 5.41) is 14.1. The number of nitrogens with one attached hydrogen (secondary N) is 2. The van der Waals surface area contributed by atoms with Gasteiger partial charge in [-0.1, -0.05) is 0 Å². The Kier molecular flexibility index (Phi) is 3.83. The lowest BCUT2D eigenvalue weighted by molar-refractivity contribution is 0.0945. The number of nitrogens with zero attached hydrogens (tertiary/aromatic N) is 3. The molecule has 0 bridgehead atoms. The van der Waals surface area contributed by atoms with Gasteiger partial charge in [-0.25, -0.2) is 4.98 Å². The molecule has 18 heavy (non-hydrogen) atoms. The number of hydrogen-bond acceptors (Lipinski definition) is 6. The molecule has 0 atom stereocenters. The van der Waals surface area contributed by atoms with E-state index in [9.17, 15) is 4.79 Å². The normalized spacial score (nSPS) is 10.1. The molecule has 0 saturated heterocycles. The van der Waals surface area contributed by atoms with E-state index in [2.05, 4.69) is 25.8 Å². The number of aromatic nitrogens is 3. The monoisotopic (exact) mass is 263 g/mol. The van der Waals surface area contributed by atoms with Crippen molar-refractivity contribution >= 4 is 23.1 Å². The van der Waals surface area contributed by atoms with Gasteiger partial charge in [0.2, 0.25) is 0 Å². The average molecular weight is 263 g/mol. The highest BCUT2D eigenvalue weighted by Crippen LogP contribution is 2.10. The van der Waals surface area contributed by atoms with Crippen molar-refractivity contribution in [3.63, 3.8) is 0 Å². The molecule has 0 spiro atoms. The van der Waals surface area contributed by atoms with Crippen molar-refractivity contribution in [3.8, 4) is 0 Å². The number of aryl methyl sites for hydroxylation is 1. The second-order valence-corrected chi connectivity index (χ2v) is 4.92. The SMILES string of the molecule is CNc1ccc(C(=O)NCc2ncc(C)s2)nn1. The summed E-state index contributed by atoms with van der Waals surface area (Å²) < 4.78 is 0. The summed E-state index contributed by atoms with van der Waals surface area (Å²) in [6.07, 6.45) is 1.79. The molecule has 1 amide bonds. The van der Waals surface area contributed by atoms with Crippen LogP contribution in [0.2, 0.25) is 0 Å². The van der Waals surface area contributed by atoms with Crippen LogP contribution in [-0.4, -0.2) is 28.1 Å². The zero-order chi connectivity index (χ0) is 13.0. The van der Waals surface area contributed by atoms with E-state index in [0.29, 0.717) is 18.1 Å². The van der Waals surface area contributed by atoms with Gasteiger partial charge in [-0.2, -0.15) is 0 Å². The Balaban J connectivity index is 1.94. The Morgan fingerprint density at radius 2 is 2.22 bits per heavy atom. The number of thiazole rings is 1. The smallest absolute Gasteiger partial charge is 0.272 e. The van der Waals surface area contributed by atoms with E-state index in [4.69, 9.17) is 0 Å². The topological polar surface area (TPSA) is 79.8 Å². The molecule has 0 unspecified atom stereocenters. The Morgan fingerprint density at radius 3 is 2.78 bits per heavy atom. The summed E-state index contributed by atoms with van der Waals surface area (Å²) >= 11 is 1.56. The van der Waals surface area contributed by atoms with Crippen LogP contribution in [0.4, 0.5) is 5.82 Å². The van der Waals surface area contributed by atoms with Crippen molar-refractivity contribution in [3.05, 3.63) is 33.9 Å². The third-order valence-electron chi connectivity index (χ3n) is 2.22. The lowest BCUT2D eigenvalue weighted by Crippen LogP contribution is -2.24. The van der Waals surface area contributed by atoms with Crippen LogP contribution in [0.3, 0.4) is 0 Å². The Morgan fingerprint density at radius 1 is 1.39 bits per heavy atom. The molecular formula is C11H13N5OS. The van der Waals surface area contributed by atoms with Gasteiger partial charge in [-0.05, 0) is 19.1 Å². The summed E-state index contributed by atoms with van der Waals surface area (Å²) in [6.45, 7) is 2.39. The Bertz CT molecular complexity index is 537. The van der Waals surface area contributed by atoms with E-state index in [1.807, 2.05) is 6.92 Å². The van der Waals surface area contributed by atoms with Gasteiger partial charge in [-0.3, -0.25) is 4.79 Å². The van der Waals surface area contributed by atoms with Crippen LogP contribution in [0.15, 0.2) is 18.3 Å². The van der Waals surface area contributed by atoms with Gasteiger partial charge in [0.25, 0.3) is 5.91 Å². The van der Waals surface area contributed by atoms with Crippen molar-refractivity contribution in [2.45, 2.75) is 13.5 Å². The summed E-state index contributed by atoms with van der Waals surface area (Å²) in [4.78, 5) is 17.1. The zero-order valence-electron chi connectivity index (χ0n) is 10.1. The van der Waals surface area contributed by atoms with Gasteiger partial charge >= 0.3 is 0 Å². The highest BCUT2D eigenvalue weighted by atomic mass is 32.1. The zero-order valence-corrected chi connectivity index (χ0v) is 10.9. The van der Waals surface area contributed by atoms with Crippen molar-refractivity contribution in [2.24, 2.45) is 0 Å². The molecule has 2 heterocycles. The van der Waals surface area contributed by atoms with Crippen LogP contribution >= 0.6 is 11.3 Å². The summed E-state index contributed by atoms with van der Waals surface area (Å²) in [6, 6.07) is 3.33. The quantitative estimate of drug-likeness (QED) is 0.866. The largest absolute Gasteiger partial charge is 0.372 e. The molecular weight excluding hydrogens is 250 g/mol. The molecule has 0 saturated carbocycles. The summed E-state index contributed by atoms with van der Waals surface area (Å²) in [5.41, 5.74) is 0.294. The summed E-state index contributed by atoms with van der Waals surface area (Å²) in [7, 11) is 1.74.